The molecule has 0 radical (unpaired) electrons. The van der Waals surface area contributed by atoms with Gasteiger partial charge < -0.3 is 20.6 Å². The van der Waals surface area contributed by atoms with E-state index >= 15 is 0 Å². The van der Waals surface area contributed by atoms with Crippen LogP contribution < -0.4 is 11.1 Å². The van der Waals surface area contributed by atoms with Gasteiger partial charge >= 0.3 is 0 Å². The topological polar surface area (TPSA) is 132 Å². The van der Waals surface area contributed by atoms with E-state index in [9.17, 15) is 9.90 Å². The van der Waals surface area contributed by atoms with E-state index in [4.69, 9.17) is 10.2 Å². The summed E-state index contributed by atoms with van der Waals surface area (Å²) in [6, 6.07) is 9.22. The van der Waals surface area contributed by atoms with Gasteiger partial charge in [0.05, 0.1) is 19.0 Å². The van der Waals surface area contributed by atoms with E-state index in [1.807, 2.05) is 24.3 Å². The van der Waals surface area contributed by atoms with E-state index in [0.717, 1.165) is 16.7 Å². The summed E-state index contributed by atoms with van der Waals surface area (Å²) >= 11 is 0. The molecule has 1 aromatic carbocycles. The maximum absolute atomic E-state index is 11.1. The lowest BCUT2D eigenvalue weighted by atomic mass is 10.2. The Morgan fingerprint density at radius 2 is 2.19 bits per heavy atom. The third kappa shape index (κ3) is 3.43. The van der Waals surface area contributed by atoms with Gasteiger partial charge in [0.25, 0.3) is 5.91 Å². The first kappa shape index (κ1) is 16.6. The number of carbonyl (C=O) groups is 1. The highest BCUT2D eigenvalue weighted by molar-refractivity contribution is 5.93. The van der Waals surface area contributed by atoms with Gasteiger partial charge in [0.2, 0.25) is 0 Å². The molecule has 0 spiro atoms. The third-order valence-corrected chi connectivity index (χ3v) is 4.06. The summed E-state index contributed by atoms with van der Waals surface area (Å²) in [5.74, 6) is -1.08. The Morgan fingerprint density at radius 1 is 1.30 bits per heavy atom. The van der Waals surface area contributed by atoms with Gasteiger partial charge in [-0.05, 0) is 24.3 Å². The number of primary amides is 1. The van der Waals surface area contributed by atoms with Crippen molar-refractivity contribution in [3.05, 3.63) is 54.7 Å². The number of hydrogen-bond acceptors (Lipinski definition) is 7. The van der Waals surface area contributed by atoms with Crippen LogP contribution >= 0.6 is 0 Å². The highest BCUT2D eigenvalue weighted by Gasteiger charge is 2.12. The van der Waals surface area contributed by atoms with Crippen LogP contribution in [0.15, 0.2) is 53.4 Å². The third-order valence-electron chi connectivity index (χ3n) is 4.06. The molecule has 0 aliphatic carbocycles. The Kier molecular flexibility index (Phi) is 4.17. The predicted molar refractivity (Wildman–Crippen MR) is 98.1 cm³/mol. The van der Waals surface area contributed by atoms with Gasteiger partial charge in [0, 0.05) is 35.4 Å². The Bertz CT molecular complexity index is 1120. The smallest absolute Gasteiger partial charge is 0.271 e. The number of carbonyl (C=O) groups excluding carboxylic acids is 1. The highest BCUT2D eigenvalue weighted by Crippen LogP contribution is 2.23. The van der Waals surface area contributed by atoms with E-state index in [2.05, 4.69) is 20.6 Å². The van der Waals surface area contributed by atoms with E-state index in [-0.39, 0.29) is 11.4 Å². The lowest BCUT2D eigenvalue weighted by Crippen LogP contribution is -2.13. The molecule has 9 heteroatoms. The predicted octanol–water partition coefficient (Wildman–Crippen LogP) is 2.00. The van der Waals surface area contributed by atoms with Crippen molar-refractivity contribution in [2.24, 2.45) is 5.73 Å². The number of furan rings is 1. The van der Waals surface area contributed by atoms with Crippen molar-refractivity contribution in [2.45, 2.75) is 6.54 Å². The quantitative estimate of drug-likeness (QED) is 0.477. The second kappa shape index (κ2) is 6.79. The minimum atomic E-state index is -0.790. The average Bonchev–Trinajstić information content (AvgIpc) is 3.30. The van der Waals surface area contributed by atoms with Gasteiger partial charge in [0.1, 0.15) is 17.0 Å². The number of fused-ring (bicyclic) bond motifs is 1. The first-order valence-corrected chi connectivity index (χ1v) is 8.20. The summed E-state index contributed by atoms with van der Waals surface area (Å²) in [5, 5.41) is 22.3. The molecule has 27 heavy (non-hydrogen) atoms. The minimum Gasteiger partial charge on any atom is -0.505 e. The number of hydrogen-bond donors (Lipinski definition) is 3. The number of amides is 1. The fourth-order valence-corrected chi connectivity index (χ4v) is 2.70. The summed E-state index contributed by atoms with van der Waals surface area (Å²) in [6.45, 7) is 1.22. The molecule has 0 bridgehead atoms. The number of nitrogens with one attached hydrogen (secondary N) is 1. The van der Waals surface area contributed by atoms with Crippen LogP contribution in [-0.4, -0.2) is 37.5 Å². The van der Waals surface area contributed by atoms with Crippen LogP contribution in [0.3, 0.4) is 0 Å². The Labute approximate surface area is 153 Å². The van der Waals surface area contributed by atoms with Crippen molar-refractivity contribution in [3.8, 4) is 17.0 Å². The van der Waals surface area contributed by atoms with Crippen LogP contribution in [0.5, 0.6) is 5.75 Å². The minimum absolute atomic E-state index is 0.177. The molecule has 3 aromatic heterocycles. The van der Waals surface area contributed by atoms with Crippen molar-refractivity contribution < 1.29 is 14.3 Å². The molecule has 0 aliphatic heterocycles. The number of aromatic nitrogens is 4. The molecule has 0 saturated heterocycles. The van der Waals surface area contributed by atoms with Gasteiger partial charge in [-0.2, -0.15) is 0 Å². The lowest BCUT2D eigenvalue weighted by Gasteiger charge is -2.06. The molecule has 9 nitrogen and oxygen atoms in total. The number of anilines is 1. The van der Waals surface area contributed by atoms with Crippen LogP contribution in [0, 0.1) is 0 Å². The summed E-state index contributed by atoms with van der Waals surface area (Å²) in [7, 11) is 0. The van der Waals surface area contributed by atoms with Crippen LogP contribution in [0.25, 0.3) is 22.2 Å². The molecule has 136 valence electrons. The molecule has 0 aliphatic rings. The molecular formula is C18H16N6O3. The SMILES string of the molecule is NC(=O)c1ncc(-c2cn(CCNc3ccc4ccoc4c3)nn2)cc1O. The molecule has 4 aromatic rings. The second-order valence-corrected chi connectivity index (χ2v) is 5.92. The zero-order chi connectivity index (χ0) is 18.8. The Hall–Kier alpha value is -3.88. The first-order valence-electron chi connectivity index (χ1n) is 8.20. The summed E-state index contributed by atoms with van der Waals surface area (Å²) in [6.07, 6.45) is 4.82. The summed E-state index contributed by atoms with van der Waals surface area (Å²) < 4.78 is 7.06. The fourth-order valence-electron chi connectivity index (χ4n) is 2.70. The second-order valence-electron chi connectivity index (χ2n) is 5.92. The zero-order valence-corrected chi connectivity index (χ0v) is 14.2. The summed E-state index contributed by atoms with van der Waals surface area (Å²) in [4.78, 5) is 15.0. The van der Waals surface area contributed by atoms with E-state index in [1.54, 1.807) is 17.1 Å². The van der Waals surface area contributed by atoms with Crippen LogP contribution in [0.2, 0.25) is 0 Å². The maximum Gasteiger partial charge on any atom is 0.271 e. The highest BCUT2D eigenvalue weighted by atomic mass is 16.3. The van der Waals surface area contributed by atoms with Crippen LogP contribution in [0.4, 0.5) is 5.69 Å². The lowest BCUT2D eigenvalue weighted by molar-refractivity contribution is 0.0993. The number of pyridine rings is 1. The van der Waals surface area contributed by atoms with Crippen molar-refractivity contribution >= 4 is 22.6 Å². The van der Waals surface area contributed by atoms with Crippen molar-refractivity contribution in [1.82, 2.24) is 20.0 Å². The number of rotatable bonds is 6. The van der Waals surface area contributed by atoms with Crippen molar-refractivity contribution in [3.63, 3.8) is 0 Å². The number of nitrogens with zero attached hydrogens (tertiary/aromatic N) is 4. The molecule has 0 saturated carbocycles. The van der Waals surface area contributed by atoms with Gasteiger partial charge in [0.15, 0.2) is 5.69 Å². The largest absolute Gasteiger partial charge is 0.505 e. The van der Waals surface area contributed by atoms with Crippen molar-refractivity contribution in [1.29, 1.82) is 0 Å². The van der Waals surface area contributed by atoms with E-state index in [0.29, 0.717) is 24.3 Å². The van der Waals surface area contributed by atoms with Crippen LogP contribution in [0.1, 0.15) is 10.5 Å². The van der Waals surface area contributed by atoms with E-state index < -0.39 is 5.91 Å². The average molecular weight is 364 g/mol. The monoisotopic (exact) mass is 364 g/mol. The molecule has 0 fully saturated rings. The number of aromatic hydroxyl groups is 1. The molecular weight excluding hydrogens is 348 g/mol. The molecule has 0 atom stereocenters. The summed E-state index contributed by atoms with van der Waals surface area (Å²) in [5.41, 5.74) is 7.81. The molecule has 0 unspecified atom stereocenters. The molecule has 4 N–H and O–H groups in total. The van der Waals surface area contributed by atoms with Gasteiger partial charge in [-0.15, -0.1) is 5.10 Å². The molecule has 4 rings (SSSR count). The van der Waals surface area contributed by atoms with Crippen LogP contribution in [-0.2, 0) is 6.54 Å². The normalized spacial score (nSPS) is 11.0. The Balaban J connectivity index is 1.40. The van der Waals surface area contributed by atoms with Gasteiger partial charge in [-0.25, -0.2) is 4.98 Å². The molecule has 1 amide bonds. The molecule has 3 heterocycles. The first-order chi connectivity index (χ1) is 13.1. The standard InChI is InChI=1S/C18H16N6O3/c19-18(26)17-15(25)7-12(9-21-17)14-10-24(23-22-14)5-4-20-13-2-1-11-3-6-27-16(11)8-13/h1-3,6-10,20,25H,4-5H2,(H2,19,26). The zero-order valence-electron chi connectivity index (χ0n) is 14.2. The van der Waals surface area contributed by atoms with Gasteiger partial charge in [-0.1, -0.05) is 5.21 Å². The number of nitrogens with two attached hydrogens (primary N) is 1. The Morgan fingerprint density at radius 3 is 3.00 bits per heavy atom. The van der Waals surface area contributed by atoms with Crippen molar-refractivity contribution in [2.75, 3.05) is 11.9 Å². The maximum atomic E-state index is 11.1. The van der Waals surface area contributed by atoms with E-state index in [1.165, 1.54) is 12.3 Å². The fraction of sp³-hybridized carbons (Fsp3) is 0.111. The number of benzene rings is 1. The van der Waals surface area contributed by atoms with Gasteiger partial charge in [-0.3, -0.25) is 9.48 Å².